The van der Waals surface area contributed by atoms with Gasteiger partial charge in [0.05, 0.1) is 0 Å². The lowest BCUT2D eigenvalue weighted by Crippen LogP contribution is -1.99. The van der Waals surface area contributed by atoms with Crippen molar-refractivity contribution < 1.29 is 14.7 Å². The maximum atomic E-state index is 11.8. The Labute approximate surface area is 146 Å². The van der Waals surface area contributed by atoms with Crippen LogP contribution in [0.4, 0.5) is 0 Å². The zero-order valence-corrected chi connectivity index (χ0v) is 14.8. The summed E-state index contributed by atoms with van der Waals surface area (Å²) in [6.07, 6.45) is 12.4. The highest BCUT2D eigenvalue weighted by Gasteiger charge is 2.02. The van der Waals surface area contributed by atoms with E-state index in [9.17, 15) is 9.59 Å². The standard InChI is InChI=1S/C21H32O3/c22-20(17-12-15-19-13-8-7-9-14-19)16-10-5-3-1-2-4-6-11-18-21(23)24/h7-9,13-14H,1-6,10-12,15-18H2,(H,23,24). The number of hydrogen-bond donors (Lipinski definition) is 1. The van der Waals surface area contributed by atoms with Gasteiger partial charge in [-0.25, -0.2) is 0 Å². The molecule has 1 N–H and O–H groups in total. The lowest BCUT2D eigenvalue weighted by molar-refractivity contribution is -0.137. The van der Waals surface area contributed by atoms with E-state index in [4.69, 9.17) is 5.11 Å². The molecule has 0 bridgehead atoms. The van der Waals surface area contributed by atoms with Gasteiger partial charge in [-0.05, 0) is 31.2 Å². The number of aliphatic carboxylic acids is 1. The molecule has 0 heterocycles. The fraction of sp³-hybridized carbons (Fsp3) is 0.619. The number of carboxylic acid groups (broad SMARTS) is 1. The average molecular weight is 332 g/mol. The lowest BCUT2D eigenvalue weighted by atomic mass is 10.0. The van der Waals surface area contributed by atoms with Gasteiger partial charge in [0.15, 0.2) is 0 Å². The molecule has 0 spiro atoms. The van der Waals surface area contributed by atoms with Gasteiger partial charge in [-0.2, -0.15) is 0 Å². The fourth-order valence-corrected chi connectivity index (χ4v) is 2.92. The molecule has 0 amide bonds. The maximum Gasteiger partial charge on any atom is 0.303 e. The number of carbonyl (C=O) groups excluding carboxylic acids is 1. The van der Waals surface area contributed by atoms with Gasteiger partial charge >= 0.3 is 5.97 Å². The van der Waals surface area contributed by atoms with E-state index in [1.54, 1.807) is 0 Å². The molecule has 0 saturated heterocycles. The monoisotopic (exact) mass is 332 g/mol. The zero-order chi connectivity index (χ0) is 17.5. The van der Waals surface area contributed by atoms with E-state index in [1.165, 1.54) is 24.8 Å². The van der Waals surface area contributed by atoms with Crippen molar-refractivity contribution in [2.45, 2.75) is 83.5 Å². The van der Waals surface area contributed by atoms with E-state index in [-0.39, 0.29) is 0 Å². The van der Waals surface area contributed by atoms with E-state index in [2.05, 4.69) is 12.1 Å². The highest BCUT2D eigenvalue weighted by molar-refractivity contribution is 5.78. The summed E-state index contributed by atoms with van der Waals surface area (Å²) < 4.78 is 0. The highest BCUT2D eigenvalue weighted by Crippen LogP contribution is 2.12. The van der Waals surface area contributed by atoms with Gasteiger partial charge in [0, 0.05) is 19.3 Å². The highest BCUT2D eigenvalue weighted by atomic mass is 16.4. The molecule has 0 fully saturated rings. The van der Waals surface area contributed by atoms with Crippen LogP contribution in [0.1, 0.15) is 82.6 Å². The molecule has 1 rings (SSSR count). The molecule has 0 saturated carbocycles. The minimum atomic E-state index is -0.691. The first-order valence-electron chi connectivity index (χ1n) is 9.46. The van der Waals surface area contributed by atoms with Crippen LogP contribution in [0, 0.1) is 0 Å². The number of aryl methyl sites for hydroxylation is 1. The quantitative estimate of drug-likeness (QED) is 0.427. The van der Waals surface area contributed by atoms with E-state index >= 15 is 0 Å². The van der Waals surface area contributed by atoms with E-state index in [0.29, 0.717) is 18.6 Å². The van der Waals surface area contributed by atoms with E-state index < -0.39 is 5.97 Å². The largest absolute Gasteiger partial charge is 0.481 e. The fourth-order valence-electron chi connectivity index (χ4n) is 2.92. The van der Waals surface area contributed by atoms with Gasteiger partial charge in [0.25, 0.3) is 0 Å². The van der Waals surface area contributed by atoms with Gasteiger partial charge in [-0.15, -0.1) is 0 Å². The predicted molar refractivity (Wildman–Crippen MR) is 98.2 cm³/mol. The van der Waals surface area contributed by atoms with Crippen molar-refractivity contribution in [1.29, 1.82) is 0 Å². The number of unbranched alkanes of at least 4 members (excludes halogenated alkanes) is 7. The molecule has 24 heavy (non-hydrogen) atoms. The third-order valence-corrected chi connectivity index (χ3v) is 4.36. The Hall–Kier alpha value is -1.64. The third-order valence-electron chi connectivity index (χ3n) is 4.36. The molecule has 134 valence electrons. The first-order valence-corrected chi connectivity index (χ1v) is 9.46. The normalized spacial score (nSPS) is 10.7. The van der Waals surface area contributed by atoms with Crippen LogP contribution in [-0.4, -0.2) is 16.9 Å². The molecule has 0 aliphatic heterocycles. The van der Waals surface area contributed by atoms with Crippen LogP contribution < -0.4 is 0 Å². The molecule has 0 unspecified atom stereocenters. The third kappa shape index (κ3) is 11.9. The topological polar surface area (TPSA) is 54.4 Å². The van der Waals surface area contributed by atoms with Crippen LogP contribution in [0.2, 0.25) is 0 Å². The minimum absolute atomic E-state index is 0.298. The molecular formula is C21H32O3. The SMILES string of the molecule is O=C(O)CCCCCCCCCCC(=O)CCCc1ccccc1. The number of rotatable bonds is 15. The number of benzene rings is 1. The van der Waals surface area contributed by atoms with Crippen molar-refractivity contribution in [2.24, 2.45) is 0 Å². The van der Waals surface area contributed by atoms with Crippen molar-refractivity contribution in [3.8, 4) is 0 Å². The van der Waals surface area contributed by atoms with Gasteiger partial charge in [-0.3, -0.25) is 9.59 Å². The first kappa shape index (κ1) is 20.4. The second kappa shape index (κ2) is 13.8. The summed E-state index contributed by atoms with van der Waals surface area (Å²) in [6, 6.07) is 10.3. The smallest absolute Gasteiger partial charge is 0.303 e. The summed E-state index contributed by atoms with van der Waals surface area (Å²) in [5, 5.41) is 8.54. The number of Topliss-reactive ketones (excluding diaryl/α,β-unsaturated/α-hetero) is 1. The molecule has 1 aromatic rings. The molecule has 0 aromatic heterocycles. The van der Waals surface area contributed by atoms with Crippen LogP contribution in [0.15, 0.2) is 30.3 Å². The summed E-state index contributed by atoms with van der Waals surface area (Å²) >= 11 is 0. The first-order chi connectivity index (χ1) is 11.7. The number of hydrogen-bond acceptors (Lipinski definition) is 2. The number of carboxylic acids is 1. The molecule has 0 aliphatic rings. The Bertz CT molecular complexity index is 453. The predicted octanol–water partition coefficient (Wildman–Crippen LogP) is 5.56. The van der Waals surface area contributed by atoms with Crippen LogP contribution in [0.5, 0.6) is 0 Å². The molecule has 0 atom stereocenters. The van der Waals surface area contributed by atoms with Gasteiger partial charge in [0.2, 0.25) is 0 Å². The average Bonchev–Trinajstić information content (AvgIpc) is 2.57. The van der Waals surface area contributed by atoms with Gasteiger partial charge in [-0.1, -0.05) is 68.9 Å². The maximum absolute atomic E-state index is 11.8. The van der Waals surface area contributed by atoms with E-state index in [0.717, 1.165) is 51.4 Å². The van der Waals surface area contributed by atoms with Crippen LogP contribution >= 0.6 is 0 Å². The summed E-state index contributed by atoms with van der Waals surface area (Å²) in [5.74, 6) is -0.289. The van der Waals surface area contributed by atoms with Crippen molar-refractivity contribution in [2.75, 3.05) is 0 Å². The lowest BCUT2D eigenvalue weighted by Gasteiger charge is -2.03. The molecular weight excluding hydrogens is 300 g/mol. The van der Waals surface area contributed by atoms with Crippen molar-refractivity contribution in [3.63, 3.8) is 0 Å². The van der Waals surface area contributed by atoms with Crippen molar-refractivity contribution in [3.05, 3.63) is 35.9 Å². The van der Waals surface area contributed by atoms with Crippen molar-refractivity contribution in [1.82, 2.24) is 0 Å². The van der Waals surface area contributed by atoms with Gasteiger partial charge < -0.3 is 5.11 Å². The second-order valence-corrected chi connectivity index (χ2v) is 6.60. The molecule has 0 aliphatic carbocycles. The summed E-state index contributed by atoms with van der Waals surface area (Å²) in [4.78, 5) is 22.2. The van der Waals surface area contributed by atoms with Crippen LogP contribution in [-0.2, 0) is 16.0 Å². The summed E-state index contributed by atoms with van der Waals surface area (Å²) in [6.45, 7) is 0. The number of carbonyl (C=O) groups is 2. The molecule has 1 aromatic carbocycles. The Balaban J connectivity index is 1.85. The Morgan fingerprint density at radius 3 is 1.75 bits per heavy atom. The molecule has 3 nitrogen and oxygen atoms in total. The summed E-state index contributed by atoms with van der Waals surface area (Å²) in [5.41, 5.74) is 1.31. The van der Waals surface area contributed by atoms with E-state index in [1.807, 2.05) is 18.2 Å². The molecule has 0 radical (unpaired) electrons. The molecule has 3 heteroatoms. The minimum Gasteiger partial charge on any atom is -0.481 e. The number of ketones is 1. The van der Waals surface area contributed by atoms with Crippen LogP contribution in [0.3, 0.4) is 0 Å². The van der Waals surface area contributed by atoms with Crippen molar-refractivity contribution >= 4 is 11.8 Å². The van der Waals surface area contributed by atoms with Gasteiger partial charge in [0.1, 0.15) is 5.78 Å². The Morgan fingerprint density at radius 1 is 0.667 bits per heavy atom. The van der Waals surface area contributed by atoms with Crippen LogP contribution in [0.25, 0.3) is 0 Å². The summed E-state index contributed by atoms with van der Waals surface area (Å²) in [7, 11) is 0. The Morgan fingerprint density at radius 2 is 1.17 bits per heavy atom. The zero-order valence-electron chi connectivity index (χ0n) is 14.8. The second-order valence-electron chi connectivity index (χ2n) is 6.60. The Kier molecular flexibility index (Phi) is 11.7.